The first-order valence-electron chi connectivity index (χ1n) is 6.02. The van der Waals surface area contributed by atoms with Gasteiger partial charge in [-0.1, -0.05) is 32.1 Å². The summed E-state index contributed by atoms with van der Waals surface area (Å²) in [6.45, 7) is 3.71. The highest BCUT2D eigenvalue weighted by Crippen LogP contribution is 2.27. The summed E-state index contributed by atoms with van der Waals surface area (Å²) in [6.07, 6.45) is 1.58. The molecule has 0 radical (unpaired) electrons. The second-order valence-electron chi connectivity index (χ2n) is 4.72. The fourth-order valence-electron chi connectivity index (χ4n) is 2.14. The van der Waals surface area contributed by atoms with E-state index >= 15 is 0 Å². The quantitative estimate of drug-likeness (QED) is 0.655. The molecule has 0 aliphatic carbocycles. The number of imide groups is 1. The van der Waals surface area contributed by atoms with Crippen molar-refractivity contribution in [3.8, 4) is 0 Å². The lowest BCUT2D eigenvalue weighted by molar-refractivity contribution is -0.140. The van der Waals surface area contributed by atoms with Crippen LogP contribution in [0.4, 0.5) is 0 Å². The maximum absolute atomic E-state index is 12.0. The molecule has 2 N–H and O–H groups in total. The number of carbonyl (C=O) groups is 2. The summed E-state index contributed by atoms with van der Waals surface area (Å²) in [4.78, 5) is 29.6. The molecule has 1 fully saturated rings. The molecule has 1 saturated heterocycles. The summed E-state index contributed by atoms with van der Waals surface area (Å²) in [6, 6.07) is 3.50. The van der Waals surface area contributed by atoms with Crippen LogP contribution < -0.4 is 5.73 Å². The Hall–Kier alpha value is -1.82. The highest BCUT2D eigenvalue weighted by atomic mass is 32.1. The molecule has 1 aromatic heterocycles. The van der Waals surface area contributed by atoms with E-state index in [0.717, 1.165) is 0 Å². The molecule has 19 heavy (non-hydrogen) atoms. The molecule has 2 amide bonds. The summed E-state index contributed by atoms with van der Waals surface area (Å²) < 4.78 is 0. The number of rotatable bonds is 3. The molecular formula is C13H15N3O2S. The molecule has 0 bridgehead atoms. The van der Waals surface area contributed by atoms with Gasteiger partial charge in [-0.3, -0.25) is 19.5 Å². The molecule has 2 rings (SSSR count). The third kappa shape index (κ3) is 2.35. The van der Waals surface area contributed by atoms with Crippen LogP contribution in [0.3, 0.4) is 0 Å². The van der Waals surface area contributed by atoms with Gasteiger partial charge in [-0.05, 0) is 6.07 Å². The Kier molecular flexibility index (Phi) is 3.61. The number of carbonyl (C=O) groups excluding carboxylic acids is 2. The highest BCUT2D eigenvalue weighted by molar-refractivity contribution is 7.80. The maximum atomic E-state index is 12.0. The number of aromatic nitrogens is 1. The first-order chi connectivity index (χ1) is 8.93. The fourth-order valence-corrected chi connectivity index (χ4v) is 2.33. The maximum Gasteiger partial charge on any atom is 0.233 e. The van der Waals surface area contributed by atoms with E-state index in [1.54, 1.807) is 32.2 Å². The van der Waals surface area contributed by atoms with Gasteiger partial charge in [-0.2, -0.15) is 0 Å². The smallest absolute Gasteiger partial charge is 0.233 e. The van der Waals surface area contributed by atoms with Gasteiger partial charge in [-0.25, -0.2) is 0 Å². The third-order valence-corrected chi connectivity index (χ3v) is 3.71. The molecule has 0 saturated carbocycles. The number of nitrogens with two attached hydrogens (primary N) is 1. The van der Waals surface area contributed by atoms with Crippen molar-refractivity contribution in [3.05, 3.63) is 29.6 Å². The molecule has 100 valence electrons. The Morgan fingerprint density at radius 3 is 2.47 bits per heavy atom. The van der Waals surface area contributed by atoms with Crippen LogP contribution in [0.5, 0.6) is 0 Å². The second kappa shape index (κ2) is 5.05. The van der Waals surface area contributed by atoms with Crippen molar-refractivity contribution in [2.24, 2.45) is 17.6 Å². The Morgan fingerprint density at radius 2 is 1.95 bits per heavy atom. The van der Waals surface area contributed by atoms with Crippen LogP contribution in [0.25, 0.3) is 0 Å². The number of hydrogen-bond acceptors (Lipinski definition) is 4. The third-order valence-electron chi connectivity index (χ3n) is 3.51. The van der Waals surface area contributed by atoms with E-state index in [9.17, 15) is 9.59 Å². The molecule has 0 spiro atoms. The average Bonchev–Trinajstić information content (AvgIpc) is 2.57. The summed E-state index contributed by atoms with van der Waals surface area (Å²) in [5.74, 6) is -0.875. The first kappa shape index (κ1) is 13.6. The predicted molar refractivity (Wildman–Crippen MR) is 74.0 cm³/mol. The lowest BCUT2D eigenvalue weighted by Gasteiger charge is -2.16. The molecule has 1 aromatic rings. The van der Waals surface area contributed by atoms with E-state index in [1.807, 2.05) is 0 Å². The number of nitrogens with zero attached hydrogens (tertiary/aromatic N) is 2. The summed E-state index contributed by atoms with van der Waals surface area (Å²) >= 11 is 4.92. The number of pyridine rings is 1. The van der Waals surface area contributed by atoms with Crippen LogP contribution in [0.2, 0.25) is 0 Å². The van der Waals surface area contributed by atoms with Crippen LogP contribution >= 0.6 is 12.2 Å². The molecule has 1 aliphatic heterocycles. The van der Waals surface area contributed by atoms with Crippen molar-refractivity contribution in [3.63, 3.8) is 0 Å². The van der Waals surface area contributed by atoms with E-state index in [4.69, 9.17) is 18.0 Å². The van der Waals surface area contributed by atoms with Gasteiger partial charge >= 0.3 is 0 Å². The van der Waals surface area contributed by atoms with E-state index in [1.165, 1.54) is 4.90 Å². The largest absolute Gasteiger partial charge is 0.388 e. The molecule has 2 atom stereocenters. The molecule has 2 unspecified atom stereocenters. The predicted octanol–water partition coefficient (Wildman–Crippen LogP) is 0.857. The Morgan fingerprint density at radius 1 is 1.37 bits per heavy atom. The van der Waals surface area contributed by atoms with Gasteiger partial charge in [0.05, 0.1) is 6.54 Å². The van der Waals surface area contributed by atoms with Gasteiger partial charge in [0, 0.05) is 23.6 Å². The van der Waals surface area contributed by atoms with E-state index in [-0.39, 0.29) is 35.2 Å². The number of amides is 2. The SMILES string of the molecule is CC1C(=O)N(Cc2cccnc2C(N)=S)C(=O)C1C. The molecule has 1 aliphatic rings. The monoisotopic (exact) mass is 277 g/mol. The Labute approximate surface area is 116 Å². The molecular weight excluding hydrogens is 262 g/mol. The van der Waals surface area contributed by atoms with Gasteiger partial charge in [0.2, 0.25) is 11.8 Å². The standard InChI is InChI=1S/C13H15N3O2S/c1-7-8(2)13(18)16(12(7)17)6-9-4-3-5-15-10(9)11(14)19/h3-5,7-8H,6H2,1-2H3,(H2,14,19). The molecule has 2 heterocycles. The number of thiocarbonyl (C=S) groups is 1. The summed E-state index contributed by atoms with van der Waals surface area (Å²) in [7, 11) is 0. The highest BCUT2D eigenvalue weighted by Gasteiger charge is 2.42. The van der Waals surface area contributed by atoms with Crippen molar-refractivity contribution in [2.75, 3.05) is 0 Å². The lowest BCUT2D eigenvalue weighted by Crippen LogP contribution is -2.31. The van der Waals surface area contributed by atoms with Crippen LogP contribution in [0.15, 0.2) is 18.3 Å². The minimum atomic E-state index is -0.280. The van der Waals surface area contributed by atoms with Crippen LogP contribution in [-0.4, -0.2) is 26.7 Å². The zero-order valence-electron chi connectivity index (χ0n) is 10.8. The second-order valence-corrected chi connectivity index (χ2v) is 5.16. The van der Waals surface area contributed by atoms with Crippen LogP contribution in [0, 0.1) is 11.8 Å². The van der Waals surface area contributed by atoms with Crippen molar-refractivity contribution in [1.82, 2.24) is 9.88 Å². The zero-order chi connectivity index (χ0) is 14.2. The van der Waals surface area contributed by atoms with Crippen molar-refractivity contribution in [2.45, 2.75) is 20.4 Å². The minimum Gasteiger partial charge on any atom is -0.388 e. The molecule has 6 heteroatoms. The summed E-state index contributed by atoms with van der Waals surface area (Å²) in [5, 5.41) is 0. The van der Waals surface area contributed by atoms with Crippen molar-refractivity contribution >= 4 is 29.0 Å². The minimum absolute atomic E-state index is 0.157. The zero-order valence-corrected chi connectivity index (χ0v) is 11.6. The topological polar surface area (TPSA) is 76.3 Å². The van der Waals surface area contributed by atoms with Crippen molar-refractivity contribution < 1.29 is 9.59 Å². The van der Waals surface area contributed by atoms with Crippen LogP contribution in [0.1, 0.15) is 25.1 Å². The molecule has 0 aromatic carbocycles. The van der Waals surface area contributed by atoms with Gasteiger partial charge in [-0.15, -0.1) is 0 Å². The van der Waals surface area contributed by atoms with Gasteiger partial charge in [0.1, 0.15) is 10.7 Å². The van der Waals surface area contributed by atoms with Gasteiger partial charge in [0.15, 0.2) is 0 Å². The first-order valence-corrected chi connectivity index (χ1v) is 6.43. The van der Waals surface area contributed by atoms with E-state index in [0.29, 0.717) is 11.3 Å². The van der Waals surface area contributed by atoms with Gasteiger partial charge in [0.25, 0.3) is 0 Å². The summed E-state index contributed by atoms with van der Waals surface area (Å²) in [5.41, 5.74) is 6.75. The van der Waals surface area contributed by atoms with E-state index in [2.05, 4.69) is 4.98 Å². The lowest BCUT2D eigenvalue weighted by atomic mass is 10.00. The van der Waals surface area contributed by atoms with Crippen LogP contribution in [-0.2, 0) is 16.1 Å². The Balaban J connectivity index is 2.30. The Bertz CT molecular complexity index is 539. The molecule has 5 nitrogen and oxygen atoms in total. The van der Waals surface area contributed by atoms with E-state index < -0.39 is 0 Å². The number of likely N-dealkylation sites (tertiary alicyclic amines) is 1. The van der Waals surface area contributed by atoms with Crippen molar-refractivity contribution in [1.29, 1.82) is 0 Å². The number of hydrogen-bond donors (Lipinski definition) is 1. The van der Waals surface area contributed by atoms with Gasteiger partial charge < -0.3 is 5.73 Å². The normalized spacial score (nSPS) is 22.9. The average molecular weight is 277 g/mol. The fraction of sp³-hybridized carbons (Fsp3) is 0.385.